The van der Waals surface area contributed by atoms with Crippen LogP contribution in [0.4, 0.5) is 11.5 Å². The number of nitrogens with zero attached hydrogens (tertiary/aromatic N) is 1. The summed E-state index contributed by atoms with van der Waals surface area (Å²) in [6.07, 6.45) is 6.88. The number of nitrogens with two attached hydrogens (primary N) is 1. The number of unbranched alkanes of at least 4 members (excludes halogenated alkanes) is 1. The van der Waals surface area contributed by atoms with Crippen LogP contribution in [0.15, 0.2) is 42.6 Å². The number of nitrogens with one attached hydrogen (secondary N) is 1. The molecule has 1 heterocycles. The van der Waals surface area contributed by atoms with Gasteiger partial charge in [-0.3, -0.25) is 4.79 Å². The van der Waals surface area contributed by atoms with Gasteiger partial charge < -0.3 is 15.8 Å². The summed E-state index contributed by atoms with van der Waals surface area (Å²) in [6.45, 7) is 4.66. The molecule has 5 heteroatoms. The number of aryl methyl sites for hydroxylation is 1. The van der Waals surface area contributed by atoms with Crippen molar-refractivity contribution in [3.8, 4) is 5.75 Å². The molecule has 0 saturated heterocycles. The molecule has 0 bridgehead atoms. The van der Waals surface area contributed by atoms with Crippen LogP contribution in [0.3, 0.4) is 0 Å². The number of carbonyl (C=O) groups is 1. The molecule has 0 aliphatic carbocycles. The summed E-state index contributed by atoms with van der Waals surface area (Å²) in [6, 6.07) is 9.20. The molecule has 1 aromatic heterocycles. The Bertz CT molecular complexity index is 726. The van der Waals surface area contributed by atoms with Gasteiger partial charge in [-0.05, 0) is 48.7 Å². The Kier molecular flexibility index (Phi) is 6.37. The molecule has 2 rings (SSSR count). The number of rotatable bonds is 7. The number of aromatic nitrogens is 1. The van der Waals surface area contributed by atoms with Crippen LogP contribution in [0.25, 0.3) is 6.08 Å². The lowest BCUT2D eigenvalue weighted by Gasteiger charge is -2.08. The topological polar surface area (TPSA) is 77.2 Å². The molecule has 1 aromatic carbocycles. The number of nitrogen functional groups attached to an aromatic ring is 1. The van der Waals surface area contributed by atoms with E-state index >= 15 is 0 Å². The minimum Gasteiger partial charge on any atom is -0.491 e. The second-order valence-electron chi connectivity index (χ2n) is 5.49. The van der Waals surface area contributed by atoms with Gasteiger partial charge in [0.15, 0.2) is 0 Å². The molecule has 0 radical (unpaired) electrons. The van der Waals surface area contributed by atoms with Crippen molar-refractivity contribution in [2.75, 3.05) is 17.7 Å². The SMILES string of the molecule is CCCCOc1ccc(/C=C\C(=O)Nc2ncccc2C)cc1N. The van der Waals surface area contributed by atoms with Crippen LogP contribution >= 0.6 is 0 Å². The average molecular weight is 325 g/mol. The van der Waals surface area contributed by atoms with E-state index < -0.39 is 0 Å². The van der Waals surface area contributed by atoms with Crippen LogP contribution in [0.2, 0.25) is 0 Å². The Hall–Kier alpha value is -2.82. The van der Waals surface area contributed by atoms with Gasteiger partial charge in [0, 0.05) is 12.3 Å². The summed E-state index contributed by atoms with van der Waals surface area (Å²) < 4.78 is 5.61. The Morgan fingerprint density at radius 2 is 2.21 bits per heavy atom. The van der Waals surface area contributed by atoms with Crippen LogP contribution in [0.1, 0.15) is 30.9 Å². The van der Waals surface area contributed by atoms with Crippen LogP contribution < -0.4 is 15.8 Å². The average Bonchev–Trinajstić information content (AvgIpc) is 2.57. The third-order valence-electron chi connectivity index (χ3n) is 3.47. The third kappa shape index (κ3) is 5.12. The summed E-state index contributed by atoms with van der Waals surface area (Å²) in [7, 11) is 0. The van der Waals surface area contributed by atoms with Crippen LogP contribution in [0.5, 0.6) is 5.75 Å². The maximum Gasteiger partial charge on any atom is 0.249 e. The minimum atomic E-state index is -0.237. The Balaban J connectivity index is 1.97. The monoisotopic (exact) mass is 325 g/mol. The molecule has 0 fully saturated rings. The van der Waals surface area contributed by atoms with E-state index in [-0.39, 0.29) is 5.91 Å². The largest absolute Gasteiger partial charge is 0.491 e. The molecule has 0 atom stereocenters. The van der Waals surface area contributed by atoms with Gasteiger partial charge in [0.2, 0.25) is 5.91 Å². The molecule has 0 aliphatic heterocycles. The number of carbonyl (C=O) groups excluding carboxylic acids is 1. The van der Waals surface area contributed by atoms with Crippen molar-refractivity contribution in [3.63, 3.8) is 0 Å². The van der Waals surface area contributed by atoms with Crippen LogP contribution in [-0.2, 0) is 4.79 Å². The van der Waals surface area contributed by atoms with E-state index in [0.29, 0.717) is 23.9 Å². The first-order valence-corrected chi connectivity index (χ1v) is 8.03. The molecular weight excluding hydrogens is 302 g/mol. The second-order valence-corrected chi connectivity index (χ2v) is 5.49. The first-order chi connectivity index (χ1) is 11.6. The molecule has 2 aromatic rings. The van der Waals surface area contributed by atoms with E-state index in [1.54, 1.807) is 18.3 Å². The van der Waals surface area contributed by atoms with Crippen molar-refractivity contribution in [2.45, 2.75) is 26.7 Å². The Labute approximate surface area is 142 Å². The fourth-order valence-electron chi connectivity index (χ4n) is 2.08. The highest BCUT2D eigenvalue weighted by Gasteiger charge is 2.03. The van der Waals surface area contributed by atoms with Gasteiger partial charge in [-0.25, -0.2) is 4.98 Å². The molecule has 0 saturated carbocycles. The van der Waals surface area contributed by atoms with E-state index in [2.05, 4.69) is 17.2 Å². The Morgan fingerprint density at radius 1 is 1.38 bits per heavy atom. The van der Waals surface area contributed by atoms with Crippen molar-refractivity contribution in [3.05, 3.63) is 53.7 Å². The van der Waals surface area contributed by atoms with Gasteiger partial charge >= 0.3 is 0 Å². The van der Waals surface area contributed by atoms with Crippen molar-refractivity contribution in [1.29, 1.82) is 0 Å². The number of benzene rings is 1. The summed E-state index contributed by atoms with van der Waals surface area (Å²) in [4.78, 5) is 16.1. The third-order valence-corrected chi connectivity index (χ3v) is 3.47. The molecule has 0 aliphatic rings. The molecule has 126 valence electrons. The Morgan fingerprint density at radius 3 is 2.92 bits per heavy atom. The number of anilines is 2. The first kappa shape index (κ1) is 17.5. The predicted molar refractivity (Wildman–Crippen MR) is 97.9 cm³/mol. The zero-order chi connectivity index (χ0) is 17.4. The molecule has 1 amide bonds. The maximum absolute atomic E-state index is 12.0. The van der Waals surface area contributed by atoms with Crippen LogP contribution in [0, 0.1) is 6.92 Å². The number of hydrogen-bond acceptors (Lipinski definition) is 4. The van der Waals surface area contributed by atoms with Gasteiger partial charge in [-0.15, -0.1) is 0 Å². The molecule has 5 nitrogen and oxygen atoms in total. The lowest BCUT2D eigenvalue weighted by Crippen LogP contribution is -2.10. The summed E-state index contributed by atoms with van der Waals surface area (Å²) in [5.74, 6) is 0.999. The molecule has 0 unspecified atom stereocenters. The van der Waals surface area contributed by atoms with Gasteiger partial charge in [0.25, 0.3) is 0 Å². The zero-order valence-corrected chi connectivity index (χ0v) is 14.1. The highest BCUT2D eigenvalue weighted by molar-refractivity contribution is 6.01. The minimum absolute atomic E-state index is 0.237. The van der Waals surface area contributed by atoms with E-state index in [4.69, 9.17) is 10.5 Å². The number of amides is 1. The highest BCUT2D eigenvalue weighted by Crippen LogP contribution is 2.23. The van der Waals surface area contributed by atoms with Crippen molar-refractivity contribution < 1.29 is 9.53 Å². The number of hydrogen-bond donors (Lipinski definition) is 2. The molecule has 3 N–H and O–H groups in total. The van der Waals surface area contributed by atoms with Gasteiger partial charge in [-0.2, -0.15) is 0 Å². The summed E-state index contributed by atoms with van der Waals surface area (Å²) in [5, 5.41) is 2.75. The molecular formula is C19H23N3O2. The van der Waals surface area contributed by atoms with E-state index in [0.717, 1.165) is 24.0 Å². The van der Waals surface area contributed by atoms with Crippen LogP contribution in [-0.4, -0.2) is 17.5 Å². The van der Waals surface area contributed by atoms with Gasteiger partial charge in [-0.1, -0.05) is 25.5 Å². The first-order valence-electron chi connectivity index (χ1n) is 8.03. The fraction of sp³-hybridized carbons (Fsp3) is 0.263. The zero-order valence-electron chi connectivity index (χ0n) is 14.1. The van der Waals surface area contributed by atoms with Crippen molar-refractivity contribution >= 4 is 23.5 Å². The van der Waals surface area contributed by atoms with E-state index in [1.165, 1.54) is 6.08 Å². The smallest absolute Gasteiger partial charge is 0.249 e. The van der Waals surface area contributed by atoms with Crippen molar-refractivity contribution in [2.24, 2.45) is 0 Å². The van der Waals surface area contributed by atoms with Gasteiger partial charge in [0.1, 0.15) is 11.6 Å². The van der Waals surface area contributed by atoms with E-state index in [1.807, 2.05) is 31.2 Å². The molecule has 0 spiro atoms. The van der Waals surface area contributed by atoms with Crippen molar-refractivity contribution in [1.82, 2.24) is 4.98 Å². The highest BCUT2D eigenvalue weighted by atomic mass is 16.5. The molecule has 24 heavy (non-hydrogen) atoms. The lowest BCUT2D eigenvalue weighted by molar-refractivity contribution is -0.111. The standard InChI is InChI=1S/C19H23N3O2/c1-3-4-12-24-17-9-7-15(13-16(17)20)8-10-18(23)22-19-14(2)6-5-11-21-19/h5-11,13H,3-4,12,20H2,1-2H3,(H,21,22,23)/b10-8-. The normalized spacial score (nSPS) is 10.8. The number of ether oxygens (including phenoxy) is 1. The predicted octanol–water partition coefficient (Wildman–Crippen LogP) is 3.80. The second kappa shape index (κ2) is 8.72. The quantitative estimate of drug-likeness (QED) is 0.461. The lowest BCUT2D eigenvalue weighted by atomic mass is 10.1. The fourth-order valence-corrected chi connectivity index (χ4v) is 2.08. The summed E-state index contributed by atoms with van der Waals surface area (Å²) >= 11 is 0. The summed E-state index contributed by atoms with van der Waals surface area (Å²) in [5.41, 5.74) is 8.30. The van der Waals surface area contributed by atoms with E-state index in [9.17, 15) is 4.79 Å². The number of pyridine rings is 1. The van der Waals surface area contributed by atoms with Gasteiger partial charge in [0.05, 0.1) is 12.3 Å². The maximum atomic E-state index is 12.0.